The Morgan fingerprint density at radius 1 is 1.15 bits per heavy atom. The minimum Gasteiger partial charge on any atom is -0.496 e. The lowest BCUT2D eigenvalue weighted by atomic mass is 9.96. The summed E-state index contributed by atoms with van der Waals surface area (Å²) in [7, 11) is 1.77. The highest BCUT2D eigenvalue weighted by Gasteiger charge is 2.40. The highest BCUT2D eigenvalue weighted by molar-refractivity contribution is 5.66. The van der Waals surface area contributed by atoms with Crippen LogP contribution in [0, 0.1) is 13.8 Å². The second-order valence-electron chi connectivity index (χ2n) is 5.94. The average Bonchev–Trinajstić information content (AvgIpc) is 2.96. The number of rotatable bonds is 1. The zero-order valence-electron chi connectivity index (χ0n) is 12.2. The molecule has 2 heteroatoms. The third-order valence-electron chi connectivity index (χ3n) is 4.91. The number of aryl methyl sites for hydroxylation is 1. The van der Waals surface area contributed by atoms with Crippen molar-refractivity contribution in [3.63, 3.8) is 0 Å². The molecule has 0 radical (unpaired) electrons. The number of para-hydroxylation sites is 1. The minimum atomic E-state index is 0.436. The van der Waals surface area contributed by atoms with Crippen LogP contribution in [0.2, 0.25) is 0 Å². The van der Waals surface area contributed by atoms with Crippen molar-refractivity contribution in [1.29, 1.82) is 0 Å². The number of benzene rings is 2. The molecule has 1 heterocycles. The Kier molecular flexibility index (Phi) is 2.38. The number of ether oxygens (including phenoxy) is 1. The van der Waals surface area contributed by atoms with Crippen molar-refractivity contribution >= 4 is 5.69 Å². The lowest BCUT2D eigenvalue weighted by Gasteiger charge is -2.16. The fraction of sp³-hybridized carbons (Fsp3) is 0.333. The van der Waals surface area contributed by atoms with E-state index in [0.717, 1.165) is 12.2 Å². The number of nitrogens with one attached hydrogen (secondary N) is 1. The predicted molar refractivity (Wildman–Crippen MR) is 81.7 cm³/mol. The molecular formula is C18H19NO. The summed E-state index contributed by atoms with van der Waals surface area (Å²) in [6, 6.07) is 11.5. The standard InChI is InChI=1S/C18H19NO/c1-10-8-14-13(11(2)18(10)20-3)9-15-12-6-4-5-7-16(12)19-17(14)15/h4-8,15,17,19H,9H2,1-3H3. The zero-order chi connectivity index (χ0) is 13.9. The maximum Gasteiger partial charge on any atom is 0.124 e. The molecule has 2 aliphatic rings. The second kappa shape index (κ2) is 4.02. The molecule has 2 unspecified atom stereocenters. The summed E-state index contributed by atoms with van der Waals surface area (Å²) < 4.78 is 5.57. The first-order chi connectivity index (χ1) is 9.70. The number of anilines is 1. The SMILES string of the molecule is COc1c(C)cc2c(c1C)CC1c3ccccc3NC21. The number of hydrogen-bond donors (Lipinski definition) is 1. The van der Waals surface area contributed by atoms with Gasteiger partial charge in [0.1, 0.15) is 5.75 Å². The van der Waals surface area contributed by atoms with E-state index in [0.29, 0.717) is 12.0 Å². The van der Waals surface area contributed by atoms with Crippen molar-refractivity contribution in [2.75, 3.05) is 12.4 Å². The van der Waals surface area contributed by atoms with E-state index in [1.54, 1.807) is 7.11 Å². The fourth-order valence-corrected chi connectivity index (χ4v) is 4.04. The van der Waals surface area contributed by atoms with Crippen molar-refractivity contribution in [2.24, 2.45) is 0 Å². The molecule has 4 rings (SSSR count). The molecule has 0 amide bonds. The maximum absolute atomic E-state index is 5.57. The van der Waals surface area contributed by atoms with Crippen LogP contribution in [0.5, 0.6) is 5.75 Å². The number of fused-ring (bicyclic) bond motifs is 5. The highest BCUT2D eigenvalue weighted by Crippen LogP contribution is 2.53. The molecule has 0 saturated heterocycles. The van der Waals surface area contributed by atoms with Gasteiger partial charge in [-0.3, -0.25) is 0 Å². The Morgan fingerprint density at radius 2 is 1.95 bits per heavy atom. The van der Waals surface area contributed by atoms with Crippen LogP contribution < -0.4 is 10.1 Å². The van der Waals surface area contributed by atoms with Crippen molar-refractivity contribution in [3.05, 3.63) is 58.1 Å². The van der Waals surface area contributed by atoms with E-state index in [-0.39, 0.29) is 0 Å². The molecule has 1 aliphatic carbocycles. The van der Waals surface area contributed by atoms with Gasteiger partial charge in [-0.1, -0.05) is 24.3 Å². The van der Waals surface area contributed by atoms with Gasteiger partial charge in [0.05, 0.1) is 13.2 Å². The molecule has 1 N–H and O–H groups in total. The van der Waals surface area contributed by atoms with Gasteiger partial charge >= 0.3 is 0 Å². The van der Waals surface area contributed by atoms with Crippen molar-refractivity contribution < 1.29 is 4.74 Å². The van der Waals surface area contributed by atoms with E-state index < -0.39 is 0 Å². The van der Waals surface area contributed by atoms with Gasteiger partial charge in [0.25, 0.3) is 0 Å². The van der Waals surface area contributed by atoms with Crippen LogP contribution in [-0.4, -0.2) is 7.11 Å². The Balaban J connectivity index is 1.86. The molecule has 1 aliphatic heterocycles. The third kappa shape index (κ3) is 1.39. The molecule has 0 spiro atoms. The van der Waals surface area contributed by atoms with Crippen molar-refractivity contribution in [1.82, 2.24) is 0 Å². The van der Waals surface area contributed by atoms with Gasteiger partial charge in [-0.15, -0.1) is 0 Å². The van der Waals surface area contributed by atoms with Gasteiger partial charge < -0.3 is 10.1 Å². The Morgan fingerprint density at radius 3 is 2.75 bits per heavy atom. The van der Waals surface area contributed by atoms with E-state index in [4.69, 9.17) is 4.74 Å². The largest absolute Gasteiger partial charge is 0.496 e. The monoisotopic (exact) mass is 265 g/mol. The summed E-state index contributed by atoms with van der Waals surface area (Å²) in [5.74, 6) is 1.63. The number of hydrogen-bond acceptors (Lipinski definition) is 2. The Labute approximate surface area is 119 Å². The molecule has 102 valence electrons. The molecule has 0 aromatic heterocycles. The average molecular weight is 265 g/mol. The van der Waals surface area contributed by atoms with Gasteiger partial charge in [0, 0.05) is 11.6 Å². The molecule has 0 bridgehead atoms. The first kappa shape index (κ1) is 11.8. The second-order valence-corrected chi connectivity index (χ2v) is 5.94. The van der Waals surface area contributed by atoms with Crippen LogP contribution in [0.25, 0.3) is 0 Å². The van der Waals surface area contributed by atoms with Crippen LogP contribution in [-0.2, 0) is 6.42 Å². The summed E-state index contributed by atoms with van der Waals surface area (Å²) in [6.45, 7) is 4.33. The molecule has 2 aromatic carbocycles. The van der Waals surface area contributed by atoms with Gasteiger partial charge in [-0.05, 0) is 54.2 Å². The maximum atomic E-state index is 5.57. The van der Waals surface area contributed by atoms with Gasteiger partial charge in [-0.25, -0.2) is 0 Å². The van der Waals surface area contributed by atoms with Crippen molar-refractivity contribution in [2.45, 2.75) is 32.2 Å². The quantitative estimate of drug-likeness (QED) is 0.837. The third-order valence-corrected chi connectivity index (χ3v) is 4.91. The normalized spacial score (nSPS) is 21.9. The van der Waals surface area contributed by atoms with E-state index >= 15 is 0 Å². The van der Waals surface area contributed by atoms with Crippen LogP contribution in [0.1, 0.15) is 39.8 Å². The summed E-state index contributed by atoms with van der Waals surface area (Å²) in [4.78, 5) is 0. The van der Waals surface area contributed by atoms with Gasteiger partial charge in [-0.2, -0.15) is 0 Å². The molecule has 2 nitrogen and oxygen atoms in total. The van der Waals surface area contributed by atoms with E-state index in [1.165, 1.54) is 33.5 Å². The van der Waals surface area contributed by atoms with Crippen molar-refractivity contribution in [3.8, 4) is 5.75 Å². The molecular weight excluding hydrogens is 246 g/mol. The summed E-state index contributed by atoms with van der Waals surface area (Å²) in [6.07, 6.45) is 1.12. The Bertz CT molecular complexity index is 705. The van der Waals surface area contributed by atoms with Crippen LogP contribution in [0.3, 0.4) is 0 Å². The first-order valence-corrected chi connectivity index (χ1v) is 7.23. The number of methoxy groups -OCH3 is 1. The topological polar surface area (TPSA) is 21.3 Å². The van der Waals surface area contributed by atoms with Crippen LogP contribution in [0.4, 0.5) is 5.69 Å². The molecule has 20 heavy (non-hydrogen) atoms. The van der Waals surface area contributed by atoms with E-state index in [2.05, 4.69) is 49.5 Å². The molecule has 0 fully saturated rings. The molecule has 0 saturated carbocycles. The van der Waals surface area contributed by atoms with E-state index in [1.807, 2.05) is 0 Å². The lowest BCUT2D eigenvalue weighted by Crippen LogP contribution is -2.06. The Hall–Kier alpha value is -1.96. The zero-order valence-corrected chi connectivity index (χ0v) is 12.2. The summed E-state index contributed by atoms with van der Waals surface area (Å²) >= 11 is 0. The summed E-state index contributed by atoms with van der Waals surface area (Å²) in [5.41, 5.74) is 8.26. The highest BCUT2D eigenvalue weighted by atomic mass is 16.5. The molecule has 2 aromatic rings. The first-order valence-electron chi connectivity index (χ1n) is 7.23. The van der Waals surface area contributed by atoms with E-state index in [9.17, 15) is 0 Å². The van der Waals surface area contributed by atoms with Crippen LogP contribution >= 0.6 is 0 Å². The molecule has 2 atom stereocenters. The summed E-state index contributed by atoms with van der Waals surface area (Å²) in [5, 5.41) is 3.70. The van der Waals surface area contributed by atoms with Crippen LogP contribution in [0.15, 0.2) is 30.3 Å². The smallest absolute Gasteiger partial charge is 0.124 e. The minimum absolute atomic E-state index is 0.436. The van der Waals surface area contributed by atoms with Gasteiger partial charge in [0.15, 0.2) is 0 Å². The lowest BCUT2D eigenvalue weighted by molar-refractivity contribution is 0.408. The van der Waals surface area contributed by atoms with Gasteiger partial charge in [0.2, 0.25) is 0 Å². The predicted octanol–water partition coefficient (Wildman–Crippen LogP) is 4.12. The fourth-order valence-electron chi connectivity index (χ4n) is 4.04.